The highest BCUT2D eigenvalue weighted by Gasteiger charge is 2.33. The number of rotatable bonds is 0. The molecule has 0 N–H and O–H groups in total. The van der Waals surface area contributed by atoms with E-state index in [0.29, 0.717) is 21.3 Å². The van der Waals surface area contributed by atoms with Gasteiger partial charge in [-0.15, -0.1) is 9.19 Å². The lowest BCUT2D eigenvalue weighted by Gasteiger charge is -2.00. The van der Waals surface area contributed by atoms with Gasteiger partial charge in [0.15, 0.2) is 0 Å². The number of benzene rings is 2. The van der Waals surface area contributed by atoms with Gasteiger partial charge in [0.2, 0.25) is 0 Å². The third-order valence-electron chi connectivity index (χ3n) is 2.96. The maximum Gasteiger partial charge on any atom is 0.285 e. The van der Waals surface area contributed by atoms with Crippen LogP contribution in [0.1, 0.15) is 0 Å². The Morgan fingerprint density at radius 3 is 2.94 bits per heavy atom. The van der Waals surface area contributed by atoms with Gasteiger partial charge < -0.3 is 0 Å². The van der Waals surface area contributed by atoms with E-state index in [-0.39, 0.29) is 0 Å². The van der Waals surface area contributed by atoms with Crippen molar-refractivity contribution in [3.05, 3.63) is 28.7 Å². The maximum absolute atomic E-state index is 12.2. The topological polar surface area (TPSA) is 64.8 Å². The molecule has 1 aromatic heterocycles. The van der Waals surface area contributed by atoms with Crippen LogP contribution in [0.5, 0.6) is 0 Å². The van der Waals surface area contributed by atoms with Crippen LogP contribution in [0, 0.1) is 0 Å². The highest BCUT2D eigenvalue weighted by atomic mass is 79.9. The van der Waals surface area contributed by atoms with Crippen LogP contribution in [0.25, 0.3) is 21.8 Å². The van der Waals surface area contributed by atoms with E-state index in [1.54, 1.807) is 18.2 Å². The van der Waals surface area contributed by atoms with Crippen molar-refractivity contribution in [1.29, 1.82) is 0 Å². The Morgan fingerprint density at radius 2 is 2.12 bits per heavy atom. The highest BCUT2D eigenvalue weighted by molar-refractivity contribution is 9.10. The van der Waals surface area contributed by atoms with Crippen LogP contribution in [0.3, 0.4) is 0 Å². The summed E-state index contributed by atoms with van der Waals surface area (Å²) in [6, 6.07) is 6.98. The van der Waals surface area contributed by atoms with Gasteiger partial charge in [-0.3, -0.25) is 0 Å². The number of nitrogens with zero attached hydrogens (tertiary/aromatic N) is 3. The lowest BCUT2D eigenvalue weighted by atomic mass is 10.1. The first-order valence-electron chi connectivity index (χ1n) is 4.83. The van der Waals surface area contributed by atoms with Gasteiger partial charge in [-0.25, -0.2) is 0 Å². The van der Waals surface area contributed by atoms with Crippen molar-refractivity contribution in [3.63, 3.8) is 0 Å². The Balaban J connectivity index is 2.52. The van der Waals surface area contributed by atoms with Crippen molar-refractivity contribution in [3.8, 4) is 0 Å². The summed E-state index contributed by atoms with van der Waals surface area (Å²) in [5.74, 6) is 0. The largest absolute Gasteiger partial charge is 0.285 e. The maximum atomic E-state index is 12.2. The summed E-state index contributed by atoms with van der Waals surface area (Å²) in [4.78, 5) is 0.297. The van der Waals surface area contributed by atoms with Crippen molar-refractivity contribution in [2.24, 2.45) is 0 Å². The molecule has 2 heterocycles. The monoisotopic (exact) mass is 309 g/mol. The fourth-order valence-corrected chi connectivity index (χ4v) is 4.25. The zero-order chi connectivity index (χ0) is 11.8. The SMILES string of the molecule is O=S1(=O)c2cccc3c(Br)cc4nnn1c4c23. The number of hydrogen-bond donors (Lipinski definition) is 0. The smallest absolute Gasteiger partial charge is 0.199 e. The van der Waals surface area contributed by atoms with Gasteiger partial charge in [-0.1, -0.05) is 33.3 Å². The third kappa shape index (κ3) is 0.930. The van der Waals surface area contributed by atoms with Gasteiger partial charge in [-0.2, -0.15) is 8.42 Å². The molecule has 0 radical (unpaired) electrons. The molecule has 0 saturated heterocycles. The van der Waals surface area contributed by atoms with Crippen LogP contribution >= 0.6 is 15.9 Å². The van der Waals surface area contributed by atoms with Crippen LogP contribution in [0.15, 0.2) is 33.6 Å². The Kier molecular flexibility index (Phi) is 1.50. The Bertz CT molecular complexity index is 914. The second-order valence-electron chi connectivity index (χ2n) is 3.84. The average Bonchev–Trinajstić information content (AvgIpc) is 2.80. The van der Waals surface area contributed by atoms with Crippen LogP contribution < -0.4 is 0 Å². The minimum absolute atomic E-state index is 0.297. The molecule has 1 aliphatic rings. The molecule has 7 heteroatoms. The Hall–Kier alpha value is -1.47. The van der Waals surface area contributed by atoms with E-state index in [9.17, 15) is 8.42 Å². The zero-order valence-electron chi connectivity index (χ0n) is 8.25. The normalized spacial score (nSPS) is 16.3. The second-order valence-corrected chi connectivity index (χ2v) is 6.43. The predicted octanol–water partition coefficient (Wildman–Crippen LogP) is 1.90. The molecule has 0 atom stereocenters. The fourth-order valence-electron chi connectivity index (χ4n) is 2.25. The highest BCUT2D eigenvalue weighted by Crippen LogP contribution is 2.40. The second kappa shape index (κ2) is 2.68. The number of aromatic nitrogens is 3. The zero-order valence-corrected chi connectivity index (χ0v) is 10.7. The lowest BCUT2D eigenvalue weighted by molar-refractivity contribution is 0.582. The summed E-state index contributed by atoms with van der Waals surface area (Å²) in [6.07, 6.45) is 0. The molecule has 2 aromatic carbocycles. The van der Waals surface area contributed by atoms with E-state index in [4.69, 9.17) is 0 Å². The molecular formula is C10H4BrN3O2S. The molecule has 84 valence electrons. The first-order chi connectivity index (χ1) is 8.10. The van der Waals surface area contributed by atoms with Gasteiger partial charge >= 0.3 is 0 Å². The van der Waals surface area contributed by atoms with Gasteiger partial charge in [0.25, 0.3) is 10.0 Å². The minimum atomic E-state index is -3.56. The van der Waals surface area contributed by atoms with E-state index < -0.39 is 10.0 Å². The lowest BCUT2D eigenvalue weighted by Crippen LogP contribution is -2.09. The quantitative estimate of drug-likeness (QED) is 0.497. The van der Waals surface area contributed by atoms with Crippen LogP contribution in [0.2, 0.25) is 0 Å². The molecule has 0 saturated carbocycles. The first kappa shape index (κ1) is 9.55. The average molecular weight is 310 g/mol. The van der Waals surface area contributed by atoms with Crippen molar-refractivity contribution in [2.75, 3.05) is 0 Å². The summed E-state index contributed by atoms with van der Waals surface area (Å²) in [7, 11) is -3.56. The Labute approximate surface area is 104 Å². The number of halogens is 1. The molecule has 17 heavy (non-hydrogen) atoms. The molecule has 3 aromatic rings. The Morgan fingerprint density at radius 1 is 1.29 bits per heavy atom. The molecule has 0 aliphatic carbocycles. The fraction of sp³-hybridized carbons (Fsp3) is 0. The molecule has 0 amide bonds. The van der Waals surface area contributed by atoms with E-state index in [0.717, 1.165) is 13.9 Å². The van der Waals surface area contributed by atoms with Crippen molar-refractivity contribution < 1.29 is 8.42 Å². The molecule has 4 rings (SSSR count). The predicted molar refractivity (Wildman–Crippen MR) is 65.3 cm³/mol. The molecule has 1 aliphatic heterocycles. The van der Waals surface area contributed by atoms with E-state index in [1.165, 1.54) is 0 Å². The van der Waals surface area contributed by atoms with Gasteiger partial charge in [-0.05, 0) is 17.5 Å². The van der Waals surface area contributed by atoms with E-state index in [1.807, 2.05) is 6.07 Å². The molecular weight excluding hydrogens is 306 g/mol. The summed E-state index contributed by atoms with van der Waals surface area (Å²) in [5.41, 5.74) is 1.15. The third-order valence-corrected chi connectivity index (χ3v) is 5.22. The first-order valence-corrected chi connectivity index (χ1v) is 7.06. The molecule has 0 fully saturated rings. The standard InChI is InChI=1S/C10H4BrN3O2S/c11-6-4-7-10-9-5(6)2-1-3-8(9)17(15,16)14(10)13-12-7/h1-4H. The number of hydrogen-bond acceptors (Lipinski definition) is 4. The van der Waals surface area contributed by atoms with Gasteiger partial charge in [0, 0.05) is 9.86 Å². The minimum Gasteiger partial charge on any atom is -0.199 e. The molecule has 5 nitrogen and oxygen atoms in total. The van der Waals surface area contributed by atoms with Crippen LogP contribution in [0.4, 0.5) is 0 Å². The van der Waals surface area contributed by atoms with E-state index >= 15 is 0 Å². The summed E-state index contributed by atoms with van der Waals surface area (Å²) >= 11 is 3.43. The molecule has 0 unspecified atom stereocenters. The van der Waals surface area contributed by atoms with Crippen molar-refractivity contribution >= 4 is 47.8 Å². The molecule has 0 spiro atoms. The van der Waals surface area contributed by atoms with Gasteiger partial charge in [0.05, 0.1) is 4.90 Å². The van der Waals surface area contributed by atoms with E-state index in [2.05, 4.69) is 26.2 Å². The van der Waals surface area contributed by atoms with Crippen molar-refractivity contribution in [1.82, 2.24) is 14.4 Å². The van der Waals surface area contributed by atoms with Crippen molar-refractivity contribution in [2.45, 2.75) is 4.90 Å². The van der Waals surface area contributed by atoms with Crippen LogP contribution in [-0.2, 0) is 10.0 Å². The van der Waals surface area contributed by atoms with Gasteiger partial charge in [0.1, 0.15) is 11.0 Å². The molecule has 0 bridgehead atoms. The van der Waals surface area contributed by atoms with Crippen LogP contribution in [-0.4, -0.2) is 22.8 Å². The summed E-state index contributed by atoms with van der Waals surface area (Å²) in [5, 5.41) is 9.15. The summed E-state index contributed by atoms with van der Waals surface area (Å²) < 4.78 is 26.2. The summed E-state index contributed by atoms with van der Waals surface area (Å²) in [6.45, 7) is 0.